The van der Waals surface area contributed by atoms with E-state index in [0.717, 1.165) is 40.3 Å². The first-order valence-corrected chi connectivity index (χ1v) is 8.00. The lowest BCUT2D eigenvalue weighted by atomic mass is 10.1. The molecule has 0 fully saturated rings. The first-order valence-electron chi connectivity index (χ1n) is 8.00. The van der Waals surface area contributed by atoms with E-state index in [1.165, 1.54) is 5.56 Å². The molecule has 120 valence electrons. The second-order valence-electron chi connectivity index (χ2n) is 5.74. The third kappa shape index (κ3) is 2.11. The molecule has 0 N–H and O–H groups in total. The molecule has 0 amide bonds. The normalized spacial score (nSPS) is 11.3. The van der Waals surface area contributed by atoms with Gasteiger partial charge in [0.05, 0.1) is 23.0 Å². The van der Waals surface area contributed by atoms with E-state index in [1.54, 1.807) is 12.5 Å². The molecule has 3 aromatic heterocycles. The standard InChI is InChI=1S/C18H18N6/c1-4-15-12(2)22-23(13(15)3)17-16-10-21-24(18(16)20-11-19-17)14-8-6-5-7-9-14/h5-11H,4H2,1-3H3. The van der Waals surface area contributed by atoms with E-state index in [1.807, 2.05) is 46.6 Å². The Morgan fingerprint density at radius 2 is 1.79 bits per heavy atom. The fraction of sp³-hybridized carbons (Fsp3) is 0.222. The molecule has 0 radical (unpaired) electrons. The van der Waals surface area contributed by atoms with E-state index >= 15 is 0 Å². The Morgan fingerprint density at radius 3 is 2.50 bits per heavy atom. The van der Waals surface area contributed by atoms with Gasteiger partial charge in [0.25, 0.3) is 0 Å². The van der Waals surface area contributed by atoms with Gasteiger partial charge in [-0.05, 0) is 38.0 Å². The Morgan fingerprint density at radius 1 is 1.00 bits per heavy atom. The number of nitrogens with zero attached hydrogens (tertiary/aromatic N) is 6. The molecule has 0 unspecified atom stereocenters. The van der Waals surface area contributed by atoms with Crippen LogP contribution in [-0.4, -0.2) is 29.5 Å². The highest BCUT2D eigenvalue weighted by atomic mass is 15.3. The molecule has 24 heavy (non-hydrogen) atoms. The summed E-state index contributed by atoms with van der Waals surface area (Å²) in [6.45, 7) is 6.26. The lowest BCUT2D eigenvalue weighted by molar-refractivity contribution is 0.808. The Labute approximate surface area is 139 Å². The Bertz CT molecular complexity index is 1010. The maximum absolute atomic E-state index is 4.67. The van der Waals surface area contributed by atoms with E-state index < -0.39 is 0 Å². The molecule has 6 nitrogen and oxygen atoms in total. The first-order chi connectivity index (χ1) is 11.7. The fourth-order valence-electron chi connectivity index (χ4n) is 3.15. The third-order valence-corrected chi connectivity index (χ3v) is 4.34. The maximum atomic E-state index is 4.67. The molecule has 6 heteroatoms. The fourth-order valence-corrected chi connectivity index (χ4v) is 3.15. The lowest BCUT2D eigenvalue weighted by Crippen LogP contribution is -2.04. The zero-order chi connectivity index (χ0) is 16.7. The minimum Gasteiger partial charge on any atom is -0.218 e. The van der Waals surface area contributed by atoms with Crippen molar-refractivity contribution in [2.75, 3.05) is 0 Å². The van der Waals surface area contributed by atoms with Gasteiger partial charge in [-0.3, -0.25) is 0 Å². The van der Waals surface area contributed by atoms with Gasteiger partial charge in [-0.1, -0.05) is 25.1 Å². The van der Waals surface area contributed by atoms with Crippen molar-refractivity contribution in [3.8, 4) is 11.5 Å². The minimum atomic E-state index is 0.766. The molecule has 4 aromatic rings. The summed E-state index contributed by atoms with van der Waals surface area (Å²) < 4.78 is 3.72. The van der Waals surface area contributed by atoms with Gasteiger partial charge in [0, 0.05) is 5.69 Å². The SMILES string of the molecule is CCc1c(C)nn(-c2ncnc3c2cnn3-c2ccccc2)c1C. The second kappa shape index (κ2) is 5.56. The molecular formula is C18H18N6. The number of aryl methyl sites for hydroxylation is 1. The van der Waals surface area contributed by atoms with Crippen LogP contribution in [0.3, 0.4) is 0 Å². The van der Waals surface area contributed by atoms with Crippen molar-refractivity contribution in [2.45, 2.75) is 27.2 Å². The van der Waals surface area contributed by atoms with Crippen molar-refractivity contribution in [1.82, 2.24) is 29.5 Å². The van der Waals surface area contributed by atoms with Crippen LogP contribution in [0, 0.1) is 13.8 Å². The summed E-state index contributed by atoms with van der Waals surface area (Å²) in [5.41, 5.74) is 5.16. The van der Waals surface area contributed by atoms with Gasteiger partial charge >= 0.3 is 0 Å². The lowest BCUT2D eigenvalue weighted by Gasteiger charge is -2.06. The third-order valence-electron chi connectivity index (χ3n) is 4.34. The summed E-state index contributed by atoms with van der Waals surface area (Å²) in [4.78, 5) is 8.90. The molecule has 0 aliphatic heterocycles. The van der Waals surface area contributed by atoms with Gasteiger partial charge in [-0.2, -0.15) is 10.2 Å². The van der Waals surface area contributed by atoms with Crippen molar-refractivity contribution >= 4 is 11.0 Å². The van der Waals surface area contributed by atoms with Gasteiger partial charge in [-0.25, -0.2) is 19.3 Å². The Hall–Kier alpha value is -3.02. The highest BCUT2D eigenvalue weighted by Gasteiger charge is 2.17. The van der Waals surface area contributed by atoms with Crippen LogP contribution in [0.15, 0.2) is 42.9 Å². The van der Waals surface area contributed by atoms with E-state index in [4.69, 9.17) is 0 Å². The maximum Gasteiger partial charge on any atom is 0.168 e. The molecular weight excluding hydrogens is 300 g/mol. The van der Waals surface area contributed by atoms with E-state index in [0.29, 0.717) is 0 Å². The van der Waals surface area contributed by atoms with Crippen LogP contribution in [0.1, 0.15) is 23.9 Å². The average molecular weight is 318 g/mol. The number of hydrogen-bond donors (Lipinski definition) is 0. The van der Waals surface area contributed by atoms with Crippen molar-refractivity contribution in [3.05, 3.63) is 59.8 Å². The van der Waals surface area contributed by atoms with Crippen molar-refractivity contribution in [1.29, 1.82) is 0 Å². The number of rotatable bonds is 3. The van der Waals surface area contributed by atoms with Crippen LogP contribution in [-0.2, 0) is 6.42 Å². The van der Waals surface area contributed by atoms with E-state index in [9.17, 15) is 0 Å². The molecule has 4 rings (SSSR count). The van der Waals surface area contributed by atoms with Gasteiger partial charge in [0.15, 0.2) is 11.5 Å². The highest BCUT2D eigenvalue weighted by molar-refractivity contribution is 5.83. The summed E-state index contributed by atoms with van der Waals surface area (Å²) in [6.07, 6.45) is 4.33. The molecule has 0 aliphatic rings. The van der Waals surface area contributed by atoms with E-state index in [-0.39, 0.29) is 0 Å². The van der Waals surface area contributed by atoms with Crippen molar-refractivity contribution < 1.29 is 0 Å². The van der Waals surface area contributed by atoms with Gasteiger partial charge in [-0.15, -0.1) is 0 Å². The van der Waals surface area contributed by atoms with Crippen molar-refractivity contribution in [3.63, 3.8) is 0 Å². The van der Waals surface area contributed by atoms with Gasteiger partial charge in [0.2, 0.25) is 0 Å². The van der Waals surface area contributed by atoms with Crippen LogP contribution in [0.25, 0.3) is 22.5 Å². The summed E-state index contributed by atoms with van der Waals surface area (Å²) in [7, 11) is 0. The zero-order valence-electron chi connectivity index (χ0n) is 13.9. The molecule has 0 atom stereocenters. The Balaban J connectivity index is 1.94. The van der Waals surface area contributed by atoms with Gasteiger partial charge < -0.3 is 0 Å². The topological polar surface area (TPSA) is 61.4 Å². The first kappa shape index (κ1) is 14.6. The summed E-state index contributed by atoms with van der Waals surface area (Å²) >= 11 is 0. The zero-order valence-corrected chi connectivity index (χ0v) is 13.9. The van der Waals surface area contributed by atoms with Crippen LogP contribution < -0.4 is 0 Å². The monoisotopic (exact) mass is 318 g/mol. The number of fused-ring (bicyclic) bond motifs is 1. The number of benzene rings is 1. The smallest absolute Gasteiger partial charge is 0.168 e. The predicted molar refractivity (Wildman–Crippen MR) is 92.6 cm³/mol. The number of aromatic nitrogens is 6. The predicted octanol–water partition coefficient (Wildman–Crippen LogP) is 3.18. The average Bonchev–Trinajstić information content (AvgIpc) is 3.16. The second-order valence-corrected chi connectivity index (χ2v) is 5.74. The molecule has 0 saturated heterocycles. The highest BCUT2D eigenvalue weighted by Crippen LogP contribution is 2.24. The number of para-hydroxylation sites is 1. The van der Waals surface area contributed by atoms with Crippen LogP contribution >= 0.6 is 0 Å². The summed E-state index contributed by atoms with van der Waals surface area (Å²) in [5.74, 6) is 0.766. The van der Waals surface area contributed by atoms with Crippen LogP contribution in [0.4, 0.5) is 0 Å². The molecule has 0 bridgehead atoms. The molecule has 0 aliphatic carbocycles. The van der Waals surface area contributed by atoms with Crippen LogP contribution in [0.2, 0.25) is 0 Å². The Kier molecular flexibility index (Phi) is 3.37. The molecule has 0 saturated carbocycles. The molecule has 1 aromatic carbocycles. The van der Waals surface area contributed by atoms with Crippen molar-refractivity contribution in [2.24, 2.45) is 0 Å². The molecule has 0 spiro atoms. The quantitative estimate of drug-likeness (QED) is 0.582. The van der Waals surface area contributed by atoms with Crippen LogP contribution in [0.5, 0.6) is 0 Å². The largest absolute Gasteiger partial charge is 0.218 e. The molecule has 3 heterocycles. The minimum absolute atomic E-state index is 0.766. The summed E-state index contributed by atoms with van der Waals surface area (Å²) in [6, 6.07) is 9.97. The number of hydrogen-bond acceptors (Lipinski definition) is 4. The van der Waals surface area contributed by atoms with E-state index in [2.05, 4.69) is 34.0 Å². The van der Waals surface area contributed by atoms with Gasteiger partial charge in [0.1, 0.15) is 6.33 Å². The summed E-state index contributed by atoms with van der Waals surface area (Å²) in [5, 5.41) is 10.1.